The Balaban J connectivity index is 3.56. The molecule has 1 rings (SSSR count). The van der Waals surface area contributed by atoms with Gasteiger partial charge in [-0.2, -0.15) is 0 Å². The lowest BCUT2D eigenvalue weighted by atomic mass is 9.89. The number of alkyl carbamates (subject to hydrolysis) is 1. The van der Waals surface area contributed by atoms with Gasteiger partial charge in [0.15, 0.2) is 0 Å². The molecular weight excluding hydrogens is 486 g/mol. The van der Waals surface area contributed by atoms with Crippen molar-refractivity contribution < 1.29 is 28.7 Å². The van der Waals surface area contributed by atoms with Crippen LogP contribution in [0, 0.1) is 19.8 Å². The minimum Gasteiger partial charge on any atom is -0.466 e. The van der Waals surface area contributed by atoms with Gasteiger partial charge in [-0.25, -0.2) is 4.79 Å². The number of nitrogens with one attached hydrogen (secondary N) is 2. The molecule has 9 nitrogen and oxygen atoms in total. The summed E-state index contributed by atoms with van der Waals surface area (Å²) in [4.78, 5) is 54.1. The SMILES string of the molecule is CCOC(=O)CCNC(=O)C(c1c(C)cccc1C)N(C(=O)C(NC(=O)OC(C)(C)C)C(C)C)C(C)(C)C. The number of benzene rings is 1. The average molecular weight is 534 g/mol. The van der Waals surface area contributed by atoms with Crippen LogP contribution in [0.3, 0.4) is 0 Å². The highest BCUT2D eigenvalue weighted by molar-refractivity contribution is 5.93. The highest BCUT2D eigenvalue weighted by Gasteiger charge is 2.43. The monoisotopic (exact) mass is 533 g/mol. The lowest BCUT2D eigenvalue weighted by molar-refractivity contribution is -0.149. The predicted molar refractivity (Wildman–Crippen MR) is 148 cm³/mol. The summed E-state index contributed by atoms with van der Waals surface area (Å²) in [6.45, 7) is 20.3. The Morgan fingerprint density at radius 1 is 0.974 bits per heavy atom. The number of amides is 3. The number of aryl methyl sites for hydroxylation is 2. The van der Waals surface area contributed by atoms with Gasteiger partial charge in [0.05, 0.1) is 13.0 Å². The molecule has 0 aliphatic heterocycles. The number of esters is 1. The molecule has 0 spiro atoms. The number of nitrogens with zero attached hydrogens (tertiary/aromatic N) is 1. The molecule has 0 heterocycles. The molecule has 0 saturated carbocycles. The van der Waals surface area contributed by atoms with Crippen molar-refractivity contribution in [3.63, 3.8) is 0 Å². The first-order valence-electron chi connectivity index (χ1n) is 13.2. The van der Waals surface area contributed by atoms with Gasteiger partial charge in [0.2, 0.25) is 11.8 Å². The largest absolute Gasteiger partial charge is 0.466 e. The minimum atomic E-state index is -1.01. The van der Waals surface area contributed by atoms with Crippen molar-refractivity contribution in [3.05, 3.63) is 34.9 Å². The first kappa shape index (κ1) is 32.9. The van der Waals surface area contributed by atoms with Crippen LogP contribution in [0.4, 0.5) is 4.79 Å². The van der Waals surface area contributed by atoms with Crippen molar-refractivity contribution >= 4 is 23.9 Å². The van der Waals surface area contributed by atoms with Crippen LogP contribution in [-0.4, -0.2) is 59.1 Å². The molecule has 3 amide bonds. The standard InChI is InChI=1S/C29H47N3O6/c1-12-37-21(33)16-17-30-25(34)24(22-19(4)14-13-15-20(22)5)32(28(6,7)8)26(35)23(18(2)3)31-27(36)38-29(9,10)11/h13-15,18,23-24H,12,16-17H2,1-11H3,(H,30,34)(H,31,36). The zero-order valence-corrected chi connectivity index (χ0v) is 25.0. The van der Waals surface area contributed by atoms with E-state index < -0.39 is 47.1 Å². The second-order valence-electron chi connectivity index (χ2n) is 11.8. The summed E-state index contributed by atoms with van der Waals surface area (Å²) in [5.41, 5.74) is 0.845. The Hall–Kier alpha value is -3.10. The fraction of sp³-hybridized carbons (Fsp3) is 0.655. The molecule has 0 saturated heterocycles. The number of rotatable bonds is 10. The molecule has 0 radical (unpaired) electrons. The molecule has 214 valence electrons. The third kappa shape index (κ3) is 9.65. The number of ether oxygens (including phenoxy) is 2. The summed E-state index contributed by atoms with van der Waals surface area (Å²) >= 11 is 0. The van der Waals surface area contributed by atoms with Gasteiger partial charge in [-0.05, 0) is 84.9 Å². The lowest BCUT2D eigenvalue weighted by Crippen LogP contribution is -2.60. The third-order valence-corrected chi connectivity index (χ3v) is 5.82. The molecule has 1 aromatic rings. The van der Waals surface area contributed by atoms with E-state index >= 15 is 0 Å². The van der Waals surface area contributed by atoms with Gasteiger partial charge in [-0.3, -0.25) is 14.4 Å². The maximum absolute atomic E-state index is 14.2. The van der Waals surface area contributed by atoms with Crippen molar-refractivity contribution in [2.45, 2.75) is 106 Å². The number of carbonyl (C=O) groups is 4. The topological polar surface area (TPSA) is 114 Å². The molecule has 38 heavy (non-hydrogen) atoms. The van der Waals surface area contributed by atoms with E-state index in [0.717, 1.165) is 11.1 Å². The summed E-state index contributed by atoms with van der Waals surface area (Å²) in [5.74, 6) is -1.53. The van der Waals surface area contributed by atoms with Crippen LogP contribution in [-0.2, 0) is 23.9 Å². The lowest BCUT2D eigenvalue weighted by Gasteiger charge is -2.44. The molecule has 0 aromatic heterocycles. The van der Waals surface area contributed by atoms with Crippen LogP contribution in [0.15, 0.2) is 18.2 Å². The van der Waals surface area contributed by atoms with Gasteiger partial charge in [-0.15, -0.1) is 0 Å². The van der Waals surface area contributed by atoms with E-state index in [-0.39, 0.29) is 25.5 Å². The molecule has 2 atom stereocenters. The fourth-order valence-corrected chi connectivity index (χ4v) is 4.20. The van der Waals surface area contributed by atoms with Crippen molar-refractivity contribution in [2.75, 3.05) is 13.2 Å². The molecule has 2 N–H and O–H groups in total. The normalized spacial score (nSPS) is 13.4. The number of carbonyl (C=O) groups excluding carboxylic acids is 4. The van der Waals surface area contributed by atoms with Crippen LogP contribution in [0.2, 0.25) is 0 Å². The zero-order valence-electron chi connectivity index (χ0n) is 25.0. The molecule has 0 aliphatic carbocycles. The molecule has 9 heteroatoms. The van der Waals surface area contributed by atoms with Crippen molar-refractivity contribution in [1.82, 2.24) is 15.5 Å². The van der Waals surface area contributed by atoms with E-state index in [4.69, 9.17) is 9.47 Å². The predicted octanol–water partition coefficient (Wildman–Crippen LogP) is 4.59. The zero-order chi connectivity index (χ0) is 29.4. The number of hydrogen-bond donors (Lipinski definition) is 2. The Labute approximate surface area is 228 Å². The van der Waals surface area contributed by atoms with Gasteiger partial charge >= 0.3 is 12.1 Å². The fourth-order valence-electron chi connectivity index (χ4n) is 4.20. The van der Waals surface area contributed by atoms with Gasteiger partial charge in [0.1, 0.15) is 17.7 Å². The Bertz CT molecular complexity index is 971. The van der Waals surface area contributed by atoms with Crippen LogP contribution in [0.5, 0.6) is 0 Å². The van der Waals surface area contributed by atoms with Crippen molar-refractivity contribution in [2.24, 2.45) is 5.92 Å². The highest BCUT2D eigenvalue weighted by Crippen LogP contribution is 2.34. The Kier molecular flexibility index (Phi) is 11.8. The maximum Gasteiger partial charge on any atom is 0.408 e. The summed E-state index contributed by atoms with van der Waals surface area (Å²) in [5, 5.41) is 5.55. The quantitative estimate of drug-likeness (QED) is 0.425. The van der Waals surface area contributed by atoms with Gasteiger partial charge < -0.3 is 25.0 Å². The summed E-state index contributed by atoms with van der Waals surface area (Å²) in [6, 6.07) is 3.74. The van der Waals surface area contributed by atoms with Crippen LogP contribution < -0.4 is 10.6 Å². The first-order valence-corrected chi connectivity index (χ1v) is 13.2. The van der Waals surface area contributed by atoms with E-state index in [2.05, 4.69) is 10.6 Å². The first-order chi connectivity index (χ1) is 17.4. The van der Waals surface area contributed by atoms with Crippen molar-refractivity contribution in [3.8, 4) is 0 Å². The highest BCUT2D eigenvalue weighted by atomic mass is 16.6. The summed E-state index contributed by atoms with van der Waals surface area (Å²) < 4.78 is 10.4. The smallest absolute Gasteiger partial charge is 0.408 e. The van der Waals surface area contributed by atoms with E-state index in [1.54, 1.807) is 27.7 Å². The van der Waals surface area contributed by atoms with Gasteiger partial charge in [-0.1, -0.05) is 32.0 Å². The Morgan fingerprint density at radius 3 is 1.97 bits per heavy atom. The molecule has 1 aromatic carbocycles. The van der Waals surface area contributed by atoms with Crippen LogP contribution >= 0.6 is 0 Å². The van der Waals surface area contributed by atoms with Gasteiger partial charge in [0.25, 0.3) is 0 Å². The third-order valence-electron chi connectivity index (χ3n) is 5.82. The molecular formula is C29H47N3O6. The molecule has 0 bridgehead atoms. The minimum absolute atomic E-state index is 0.0112. The van der Waals surface area contributed by atoms with Crippen LogP contribution in [0.25, 0.3) is 0 Å². The van der Waals surface area contributed by atoms with Crippen LogP contribution in [0.1, 0.15) is 91.5 Å². The Morgan fingerprint density at radius 2 is 1.53 bits per heavy atom. The average Bonchev–Trinajstić information content (AvgIpc) is 2.74. The second kappa shape index (κ2) is 13.6. The van der Waals surface area contributed by atoms with E-state index in [9.17, 15) is 19.2 Å². The van der Waals surface area contributed by atoms with E-state index in [1.165, 1.54) is 4.90 Å². The molecule has 0 aliphatic rings. The van der Waals surface area contributed by atoms with E-state index in [1.807, 2.05) is 66.7 Å². The van der Waals surface area contributed by atoms with E-state index in [0.29, 0.717) is 5.56 Å². The van der Waals surface area contributed by atoms with Crippen molar-refractivity contribution in [1.29, 1.82) is 0 Å². The summed E-state index contributed by atoms with van der Waals surface area (Å²) in [6.07, 6.45) is -0.696. The second-order valence-corrected chi connectivity index (χ2v) is 11.8. The molecule has 0 fully saturated rings. The maximum atomic E-state index is 14.2. The molecule has 2 unspecified atom stereocenters. The van der Waals surface area contributed by atoms with Gasteiger partial charge in [0, 0.05) is 12.1 Å². The summed E-state index contributed by atoms with van der Waals surface area (Å²) in [7, 11) is 0. The number of hydrogen-bond acceptors (Lipinski definition) is 6.